The molecule has 2 aliphatic heterocycles. The zero-order valence-corrected chi connectivity index (χ0v) is 10.9. The van der Waals surface area contributed by atoms with Gasteiger partial charge in [-0.25, -0.2) is 0 Å². The highest BCUT2D eigenvalue weighted by atomic mass is 16.5. The van der Waals surface area contributed by atoms with E-state index in [4.69, 9.17) is 4.74 Å². The molecule has 0 amide bonds. The Labute approximate surface area is 107 Å². The van der Waals surface area contributed by atoms with Crippen molar-refractivity contribution in [3.63, 3.8) is 0 Å². The van der Waals surface area contributed by atoms with E-state index in [0.717, 1.165) is 22.6 Å². The summed E-state index contributed by atoms with van der Waals surface area (Å²) in [6.45, 7) is 5.71. The summed E-state index contributed by atoms with van der Waals surface area (Å²) < 4.78 is 6.00. The molecule has 18 heavy (non-hydrogen) atoms. The molecular weight excluding hydrogens is 226 g/mol. The van der Waals surface area contributed by atoms with E-state index in [1.54, 1.807) is 6.92 Å². The third-order valence-corrected chi connectivity index (χ3v) is 3.88. The Kier molecular flexibility index (Phi) is 2.44. The molecule has 3 unspecified atom stereocenters. The predicted octanol–water partition coefficient (Wildman–Crippen LogP) is 2.39. The Hall–Kier alpha value is -1.77. The molecule has 0 spiro atoms. The van der Waals surface area contributed by atoms with Crippen LogP contribution in [0.4, 0.5) is 0 Å². The molecule has 94 valence electrons. The fourth-order valence-corrected chi connectivity index (χ4v) is 3.16. The average molecular weight is 243 g/mol. The normalized spacial score (nSPS) is 29.2. The number of hydrogen-bond acceptors (Lipinski definition) is 3. The van der Waals surface area contributed by atoms with Crippen LogP contribution in [0.25, 0.3) is 0 Å². The molecule has 0 saturated heterocycles. The minimum absolute atomic E-state index is 0.0185. The predicted molar refractivity (Wildman–Crippen MR) is 69.6 cm³/mol. The van der Waals surface area contributed by atoms with Crippen molar-refractivity contribution in [2.45, 2.75) is 38.8 Å². The lowest BCUT2D eigenvalue weighted by Crippen LogP contribution is -2.47. The Bertz CT molecular complexity index is 547. The number of allylic oxidation sites excluding steroid dienone is 1. The molecule has 0 fully saturated rings. The highest BCUT2D eigenvalue weighted by molar-refractivity contribution is 5.96. The third kappa shape index (κ3) is 1.47. The van der Waals surface area contributed by atoms with Crippen LogP contribution >= 0.6 is 0 Å². The summed E-state index contributed by atoms with van der Waals surface area (Å²) in [5.41, 5.74) is 2.99. The lowest BCUT2D eigenvalue weighted by Gasteiger charge is -2.34. The number of carbonyl (C=O) groups excluding carboxylic acids is 1. The Balaban J connectivity index is 2.17. The van der Waals surface area contributed by atoms with Crippen LogP contribution in [0.1, 0.15) is 32.3 Å². The second kappa shape index (κ2) is 3.87. The molecule has 1 aromatic rings. The van der Waals surface area contributed by atoms with Gasteiger partial charge in [0, 0.05) is 16.8 Å². The maximum Gasteiger partial charge on any atom is 0.158 e. The van der Waals surface area contributed by atoms with Crippen LogP contribution in [0, 0.1) is 0 Å². The third-order valence-electron chi connectivity index (χ3n) is 3.88. The molecule has 1 N–H and O–H groups in total. The van der Waals surface area contributed by atoms with Gasteiger partial charge in [0.1, 0.15) is 11.9 Å². The largest absolute Gasteiger partial charge is 0.487 e. The quantitative estimate of drug-likeness (QED) is 0.823. The van der Waals surface area contributed by atoms with Gasteiger partial charge < -0.3 is 10.1 Å². The van der Waals surface area contributed by atoms with Crippen LogP contribution in [-0.2, 0) is 4.79 Å². The number of carbonyl (C=O) groups is 1. The van der Waals surface area contributed by atoms with Gasteiger partial charge in [-0.15, -0.1) is 0 Å². The maximum absolute atomic E-state index is 11.9. The van der Waals surface area contributed by atoms with Crippen molar-refractivity contribution in [2.75, 3.05) is 0 Å². The summed E-state index contributed by atoms with van der Waals surface area (Å²) in [6, 6.07) is 8.23. The van der Waals surface area contributed by atoms with Gasteiger partial charge in [0.25, 0.3) is 0 Å². The summed E-state index contributed by atoms with van der Waals surface area (Å²) in [5, 5.41) is 3.35. The number of rotatable bonds is 1. The molecule has 2 aliphatic rings. The molecule has 0 saturated carbocycles. The van der Waals surface area contributed by atoms with Gasteiger partial charge in [0.2, 0.25) is 0 Å². The molecule has 3 nitrogen and oxygen atoms in total. The molecule has 2 heterocycles. The lowest BCUT2D eigenvalue weighted by atomic mass is 9.80. The second-order valence-corrected chi connectivity index (χ2v) is 5.13. The summed E-state index contributed by atoms with van der Waals surface area (Å²) in [4.78, 5) is 11.9. The van der Waals surface area contributed by atoms with Gasteiger partial charge in [0.15, 0.2) is 5.78 Å². The lowest BCUT2D eigenvalue weighted by molar-refractivity contribution is -0.114. The first-order valence-electron chi connectivity index (χ1n) is 6.33. The summed E-state index contributed by atoms with van der Waals surface area (Å²) in [6.07, 6.45) is 0.0185. The maximum atomic E-state index is 11.9. The van der Waals surface area contributed by atoms with Crippen molar-refractivity contribution in [1.82, 2.24) is 5.32 Å². The highest BCUT2D eigenvalue weighted by Gasteiger charge is 2.44. The van der Waals surface area contributed by atoms with Crippen LogP contribution in [-0.4, -0.2) is 17.9 Å². The first kappa shape index (κ1) is 11.3. The van der Waals surface area contributed by atoms with Gasteiger partial charge in [0.05, 0.1) is 12.0 Å². The van der Waals surface area contributed by atoms with Crippen LogP contribution in [0.15, 0.2) is 35.5 Å². The van der Waals surface area contributed by atoms with Gasteiger partial charge in [-0.1, -0.05) is 18.2 Å². The smallest absolute Gasteiger partial charge is 0.158 e. The Morgan fingerprint density at radius 3 is 2.78 bits per heavy atom. The summed E-state index contributed by atoms with van der Waals surface area (Å²) in [7, 11) is 0. The molecule has 1 aromatic carbocycles. The van der Waals surface area contributed by atoms with Crippen molar-refractivity contribution in [3.05, 3.63) is 41.1 Å². The molecule has 3 rings (SSSR count). The van der Waals surface area contributed by atoms with Gasteiger partial charge in [-0.05, 0) is 26.8 Å². The standard InChI is InChI=1S/C15H17NO2/c1-8-13(10(3)17)14-11-6-4-5-7-12(11)18-15(14)9(2)16-8/h4-7,9,14-16H,1-3H3. The molecule has 3 heteroatoms. The van der Waals surface area contributed by atoms with Gasteiger partial charge in [-0.2, -0.15) is 0 Å². The average Bonchev–Trinajstić information content (AvgIpc) is 2.69. The van der Waals surface area contributed by atoms with E-state index in [1.165, 1.54) is 0 Å². The van der Waals surface area contributed by atoms with E-state index in [1.807, 2.05) is 25.1 Å². The number of benzene rings is 1. The van der Waals surface area contributed by atoms with E-state index < -0.39 is 0 Å². The van der Waals surface area contributed by atoms with Gasteiger partial charge >= 0.3 is 0 Å². The summed E-state index contributed by atoms with van der Waals surface area (Å²) >= 11 is 0. The molecule has 0 aromatic heterocycles. The number of ether oxygens (including phenoxy) is 1. The monoisotopic (exact) mass is 243 g/mol. The number of Topliss-reactive ketones (excluding diaryl/α,β-unsaturated/α-hetero) is 1. The van der Waals surface area contributed by atoms with Crippen LogP contribution < -0.4 is 10.1 Å². The van der Waals surface area contributed by atoms with Crippen LogP contribution in [0.5, 0.6) is 5.75 Å². The van der Waals surface area contributed by atoms with Crippen LogP contribution in [0.2, 0.25) is 0 Å². The first-order chi connectivity index (χ1) is 8.59. The fourth-order valence-electron chi connectivity index (χ4n) is 3.16. The zero-order valence-electron chi connectivity index (χ0n) is 10.9. The Morgan fingerprint density at radius 1 is 1.33 bits per heavy atom. The van der Waals surface area contributed by atoms with Crippen LogP contribution in [0.3, 0.4) is 0 Å². The van der Waals surface area contributed by atoms with Crippen molar-refractivity contribution < 1.29 is 9.53 Å². The Morgan fingerprint density at radius 2 is 2.06 bits per heavy atom. The SMILES string of the molecule is CC(=O)C1=C(C)NC(C)C2Oc3ccccc3C12. The number of ketones is 1. The van der Waals surface area contributed by atoms with Crippen molar-refractivity contribution in [1.29, 1.82) is 0 Å². The number of para-hydroxylation sites is 1. The number of nitrogens with one attached hydrogen (secondary N) is 1. The van der Waals surface area contributed by atoms with Crippen molar-refractivity contribution >= 4 is 5.78 Å². The van der Waals surface area contributed by atoms with E-state index in [2.05, 4.69) is 18.3 Å². The zero-order chi connectivity index (χ0) is 12.9. The minimum atomic E-state index is 0.0185. The van der Waals surface area contributed by atoms with E-state index >= 15 is 0 Å². The minimum Gasteiger partial charge on any atom is -0.487 e. The number of hydrogen-bond donors (Lipinski definition) is 1. The number of fused-ring (bicyclic) bond motifs is 3. The van der Waals surface area contributed by atoms with E-state index in [-0.39, 0.29) is 23.8 Å². The second-order valence-electron chi connectivity index (χ2n) is 5.13. The molecule has 0 radical (unpaired) electrons. The highest BCUT2D eigenvalue weighted by Crippen LogP contribution is 2.46. The topological polar surface area (TPSA) is 38.3 Å². The van der Waals surface area contributed by atoms with Crippen molar-refractivity contribution in [2.24, 2.45) is 0 Å². The fraction of sp³-hybridized carbons (Fsp3) is 0.400. The summed E-state index contributed by atoms with van der Waals surface area (Å²) in [5.74, 6) is 1.12. The molecule has 3 atom stereocenters. The first-order valence-corrected chi connectivity index (χ1v) is 6.33. The molecular formula is C15H17NO2. The van der Waals surface area contributed by atoms with E-state index in [9.17, 15) is 4.79 Å². The molecule has 0 bridgehead atoms. The van der Waals surface area contributed by atoms with Gasteiger partial charge in [-0.3, -0.25) is 4.79 Å². The van der Waals surface area contributed by atoms with E-state index in [0.29, 0.717) is 0 Å². The van der Waals surface area contributed by atoms with Crippen molar-refractivity contribution in [3.8, 4) is 5.75 Å². The molecule has 0 aliphatic carbocycles.